The second-order valence-electron chi connectivity index (χ2n) is 5.06. The van der Waals surface area contributed by atoms with Crippen molar-refractivity contribution in [2.24, 2.45) is 0 Å². The predicted molar refractivity (Wildman–Crippen MR) is 82.4 cm³/mol. The molecule has 1 N–H and O–H groups in total. The maximum atomic E-state index is 14.2. The lowest BCUT2D eigenvalue weighted by molar-refractivity contribution is 0.617. The molecule has 3 heteroatoms. The number of anilines is 1. The third-order valence-electron chi connectivity index (χ3n) is 3.49. The van der Waals surface area contributed by atoms with Gasteiger partial charge in [0.15, 0.2) is 0 Å². The van der Waals surface area contributed by atoms with Crippen LogP contribution in [0, 0.1) is 12.7 Å². The molecule has 0 bridgehead atoms. The minimum Gasteiger partial charge on any atom is -0.368 e. The molecule has 2 aromatic carbocycles. The fourth-order valence-electron chi connectivity index (χ4n) is 2.44. The standard InChI is InChI=1S/C17H21FN2/c1-13-7-4-5-8-15(13)12-20(3)17-14(11-19-2)9-6-10-16(17)18/h4-10,19H,11-12H2,1-3H3. The normalized spacial score (nSPS) is 10.6. The lowest BCUT2D eigenvalue weighted by Gasteiger charge is -2.24. The number of nitrogens with zero attached hydrogens (tertiary/aromatic N) is 1. The minimum absolute atomic E-state index is 0.172. The predicted octanol–water partition coefficient (Wildman–Crippen LogP) is 3.49. The van der Waals surface area contributed by atoms with Crippen LogP contribution in [-0.4, -0.2) is 14.1 Å². The van der Waals surface area contributed by atoms with Crippen molar-refractivity contribution < 1.29 is 4.39 Å². The van der Waals surface area contributed by atoms with Gasteiger partial charge in [0, 0.05) is 20.1 Å². The Kier molecular flexibility index (Phi) is 4.74. The second-order valence-corrected chi connectivity index (χ2v) is 5.06. The highest BCUT2D eigenvalue weighted by Gasteiger charge is 2.13. The van der Waals surface area contributed by atoms with Gasteiger partial charge in [-0.1, -0.05) is 36.4 Å². The molecule has 0 unspecified atom stereocenters. The number of hydrogen-bond acceptors (Lipinski definition) is 2. The molecule has 0 aromatic heterocycles. The highest BCUT2D eigenvalue weighted by Crippen LogP contribution is 2.25. The molecule has 2 aromatic rings. The van der Waals surface area contributed by atoms with E-state index in [1.54, 1.807) is 6.07 Å². The van der Waals surface area contributed by atoms with Crippen LogP contribution in [0.2, 0.25) is 0 Å². The molecule has 0 saturated heterocycles. The molecule has 0 radical (unpaired) electrons. The molecule has 0 amide bonds. The molecular formula is C17H21FN2. The number of rotatable bonds is 5. The number of halogens is 1. The minimum atomic E-state index is -0.172. The van der Waals surface area contributed by atoms with E-state index in [9.17, 15) is 4.39 Å². The lowest BCUT2D eigenvalue weighted by Crippen LogP contribution is -2.21. The fourth-order valence-corrected chi connectivity index (χ4v) is 2.44. The van der Waals surface area contributed by atoms with Crippen molar-refractivity contribution in [3.8, 4) is 0 Å². The third-order valence-corrected chi connectivity index (χ3v) is 3.49. The van der Waals surface area contributed by atoms with Crippen molar-refractivity contribution in [1.29, 1.82) is 0 Å². The van der Waals surface area contributed by atoms with Crippen LogP contribution in [0.3, 0.4) is 0 Å². The van der Waals surface area contributed by atoms with Crippen LogP contribution in [0.15, 0.2) is 42.5 Å². The van der Waals surface area contributed by atoms with E-state index in [4.69, 9.17) is 0 Å². The molecule has 0 atom stereocenters. The fraction of sp³-hybridized carbons (Fsp3) is 0.294. The third kappa shape index (κ3) is 3.17. The molecule has 2 nitrogen and oxygen atoms in total. The molecule has 106 valence electrons. The molecule has 0 heterocycles. The van der Waals surface area contributed by atoms with Gasteiger partial charge in [-0.05, 0) is 36.7 Å². The molecule has 0 saturated carbocycles. The van der Waals surface area contributed by atoms with Crippen LogP contribution >= 0.6 is 0 Å². The van der Waals surface area contributed by atoms with Gasteiger partial charge in [0.05, 0.1) is 5.69 Å². The summed E-state index contributed by atoms with van der Waals surface area (Å²) in [5, 5.41) is 3.09. The average molecular weight is 272 g/mol. The lowest BCUT2D eigenvalue weighted by atomic mass is 10.1. The van der Waals surface area contributed by atoms with Gasteiger partial charge in [-0.3, -0.25) is 0 Å². The van der Waals surface area contributed by atoms with Crippen LogP contribution in [0.25, 0.3) is 0 Å². The quantitative estimate of drug-likeness (QED) is 0.896. The van der Waals surface area contributed by atoms with Crippen LogP contribution in [0.1, 0.15) is 16.7 Å². The maximum Gasteiger partial charge on any atom is 0.146 e. The second kappa shape index (κ2) is 6.53. The van der Waals surface area contributed by atoms with Gasteiger partial charge < -0.3 is 10.2 Å². The monoisotopic (exact) mass is 272 g/mol. The van der Waals surface area contributed by atoms with Crippen molar-refractivity contribution in [3.63, 3.8) is 0 Å². The van der Waals surface area contributed by atoms with E-state index >= 15 is 0 Å². The number of para-hydroxylation sites is 1. The van der Waals surface area contributed by atoms with Gasteiger partial charge >= 0.3 is 0 Å². The average Bonchev–Trinajstić information content (AvgIpc) is 2.42. The zero-order chi connectivity index (χ0) is 14.5. The van der Waals surface area contributed by atoms with Crippen molar-refractivity contribution in [1.82, 2.24) is 5.32 Å². The molecule has 0 spiro atoms. The van der Waals surface area contributed by atoms with Gasteiger partial charge in [-0.15, -0.1) is 0 Å². The summed E-state index contributed by atoms with van der Waals surface area (Å²) >= 11 is 0. The Labute approximate surface area is 120 Å². The summed E-state index contributed by atoms with van der Waals surface area (Å²) in [7, 11) is 3.81. The zero-order valence-electron chi connectivity index (χ0n) is 12.3. The van der Waals surface area contributed by atoms with Crippen LogP contribution in [-0.2, 0) is 13.1 Å². The molecule has 0 aliphatic carbocycles. The summed E-state index contributed by atoms with van der Waals surface area (Å²) in [4.78, 5) is 1.98. The van der Waals surface area contributed by atoms with Gasteiger partial charge in [-0.2, -0.15) is 0 Å². The van der Waals surface area contributed by atoms with Gasteiger partial charge in [0.2, 0.25) is 0 Å². The Balaban J connectivity index is 2.29. The zero-order valence-corrected chi connectivity index (χ0v) is 12.3. The Hall–Kier alpha value is -1.87. The summed E-state index contributed by atoms with van der Waals surface area (Å²) in [6.45, 7) is 3.44. The first kappa shape index (κ1) is 14.5. The summed E-state index contributed by atoms with van der Waals surface area (Å²) in [5.74, 6) is -0.172. The van der Waals surface area contributed by atoms with Crippen molar-refractivity contribution >= 4 is 5.69 Å². The molecule has 0 aliphatic heterocycles. The summed E-state index contributed by atoms with van der Waals surface area (Å²) < 4.78 is 14.2. The largest absolute Gasteiger partial charge is 0.368 e. The first-order valence-corrected chi connectivity index (χ1v) is 6.81. The first-order valence-electron chi connectivity index (χ1n) is 6.81. The summed E-state index contributed by atoms with van der Waals surface area (Å²) in [6, 6.07) is 13.4. The molecule has 0 aliphatic rings. The van der Waals surface area contributed by atoms with Crippen molar-refractivity contribution in [2.45, 2.75) is 20.0 Å². The topological polar surface area (TPSA) is 15.3 Å². The highest BCUT2D eigenvalue weighted by molar-refractivity contribution is 5.55. The van der Waals surface area contributed by atoms with E-state index in [0.29, 0.717) is 18.8 Å². The summed E-state index contributed by atoms with van der Waals surface area (Å²) in [6.07, 6.45) is 0. The highest BCUT2D eigenvalue weighted by atomic mass is 19.1. The number of nitrogens with one attached hydrogen (secondary N) is 1. The number of hydrogen-bond donors (Lipinski definition) is 1. The van der Waals surface area contributed by atoms with Crippen LogP contribution in [0.4, 0.5) is 10.1 Å². The van der Waals surface area contributed by atoms with E-state index in [0.717, 1.165) is 5.56 Å². The van der Waals surface area contributed by atoms with Gasteiger partial charge in [0.25, 0.3) is 0 Å². The molecule has 0 fully saturated rings. The Morgan fingerprint density at radius 2 is 1.75 bits per heavy atom. The van der Waals surface area contributed by atoms with Gasteiger partial charge in [-0.25, -0.2) is 4.39 Å². The SMILES string of the molecule is CNCc1cccc(F)c1N(C)Cc1ccccc1C. The van der Waals surface area contributed by atoms with E-state index in [-0.39, 0.29) is 5.82 Å². The number of aryl methyl sites for hydroxylation is 1. The van der Waals surface area contributed by atoms with E-state index < -0.39 is 0 Å². The van der Waals surface area contributed by atoms with Crippen LogP contribution < -0.4 is 10.2 Å². The maximum absolute atomic E-state index is 14.2. The smallest absolute Gasteiger partial charge is 0.146 e. The summed E-state index contributed by atoms with van der Waals surface area (Å²) in [5.41, 5.74) is 4.09. The van der Waals surface area contributed by atoms with Crippen molar-refractivity contribution in [2.75, 3.05) is 19.0 Å². The van der Waals surface area contributed by atoms with E-state index in [2.05, 4.69) is 24.4 Å². The van der Waals surface area contributed by atoms with E-state index in [1.807, 2.05) is 37.2 Å². The number of benzene rings is 2. The van der Waals surface area contributed by atoms with Gasteiger partial charge in [0.1, 0.15) is 5.82 Å². The van der Waals surface area contributed by atoms with E-state index in [1.165, 1.54) is 17.2 Å². The Morgan fingerprint density at radius 3 is 2.45 bits per heavy atom. The Bertz CT molecular complexity index is 581. The molecule has 20 heavy (non-hydrogen) atoms. The Morgan fingerprint density at radius 1 is 1.05 bits per heavy atom. The van der Waals surface area contributed by atoms with Crippen molar-refractivity contribution in [3.05, 3.63) is 65.0 Å². The van der Waals surface area contributed by atoms with Crippen LogP contribution in [0.5, 0.6) is 0 Å². The molecule has 2 rings (SSSR count). The molecular weight excluding hydrogens is 251 g/mol. The first-order chi connectivity index (χ1) is 9.63.